The lowest BCUT2D eigenvalue weighted by atomic mass is 9.93. The fraction of sp³-hybridized carbons (Fsp3) is 0.211. The average Bonchev–Trinajstić information content (AvgIpc) is 2.63. The Morgan fingerprint density at radius 3 is 2.35 bits per heavy atom. The molecule has 2 aromatic rings. The van der Waals surface area contributed by atoms with Gasteiger partial charge in [-0.05, 0) is 34.9 Å². The first-order valence-corrected chi connectivity index (χ1v) is 8.46. The highest BCUT2D eigenvalue weighted by Crippen LogP contribution is 2.34. The van der Waals surface area contributed by atoms with Crippen LogP contribution in [0.1, 0.15) is 22.8 Å². The van der Waals surface area contributed by atoms with Crippen molar-refractivity contribution in [2.45, 2.75) is 6.10 Å². The molecule has 0 spiro atoms. The van der Waals surface area contributed by atoms with Gasteiger partial charge in [0.2, 0.25) is 0 Å². The topological polar surface area (TPSA) is 56.8 Å². The molecule has 0 aliphatic carbocycles. The molecule has 0 aliphatic rings. The van der Waals surface area contributed by atoms with Crippen LogP contribution in [0, 0.1) is 0 Å². The van der Waals surface area contributed by atoms with E-state index >= 15 is 0 Å². The van der Waals surface area contributed by atoms with Gasteiger partial charge in [-0.25, -0.2) is 10.3 Å². The number of esters is 1. The normalized spacial score (nSPS) is 12.6. The van der Waals surface area contributed by atoms with Crippen LogP contribution in [-0.4, -0.2) is 27.2 Å². The van der Waals surface area contributed by atoms with Crippen molar-refractivity contribution in [2.75, 3.05) is 21.3 Å². The maximum absolute atomic E-state index is 12.2. The number of nitrogens with one attached hydrogen (secondary N) is 1. The second-order valence-electron chi connectivity index (χ2n) is 5.25. The molecule has 5 nitrogen and oxygen atoms in total. The van der Waals surface area contributed by atoms with E-state index < -0.39 is 12.1 Å². The first kappa shape index (κ1) is 20.3. The van der Waals surface area contributed by atoms with Crippen LogP contribution < -0.4 is 5.48 Å². The summed E-state index contributed by atoms with van der Waals surface area (Å²) in [7, 11) is 4.42. The van der Waals surface area contributed by atoms with Gasteiger partial charge in [-0.1, -0.05) is 47.5 Å². The van der Waals surface area contributed by atoms with Gasteiger partial charge in [0.15, 0.2) is 0 Å². The van der Waals surface area contributed by atoms with Gasteiger partial charge in [0.1, 0.15) is 11.7 Å². The van der Waals surface area contributed by atoms with Crippen molar-refractivity contribution in [1.29, 1.82) is 0 Å². The van der Waals surface area contributed by atoms with Crippen molar-refractivity contribution in [1.82, 2.24) is 5.48 Å². The Morgan fingerprint density at radius 1 is 1.12 bits per heavy atom. The molecule has 0 bridgehead atoms. The van der Waals surface area contributed by atoms with Crippen LogP contribution in [0.4, 0.5) is 0 Å². The molecular weight excluding hydrogens is 377 g/mol. The van der Waals surface area contributed by atoms with E-state index in [-0.39, 0.29) is 5.57 Å². The Balaban J connectivity index is 2.63. The predicted octanol–water partition coefficient (Wildman–Crippen LogP) is 4.39. The molecular formula is C19H19Cl2NO4. The van der Waals surface area contributed by atoms with E-state index in [0.29, 0.717) is 21.2 Å². The van der Waals surface area contributed by atoms with Crippen molar-refractivity contribution in [2.24, 2.45) is 0 Å². The number of halogens is 2. The smallest absolute Gasteiger partial charge is 0.341 e. The summed E-state index contributed by atoms with van der Waals surface area (Å²) >= 11 is 12.3. The molecule has 0 saturated heterocycles. The van der Waals surface area contributed by atoms with Gasteiger partial charge in [0.25, 0.3) is 0 Å². The molecule has 0 aliphatic heterocycles. The molecule has 0 fully saturated rings. The monoisotopic (exact) mass is 395 g/mol. The number of hydrogen-bond donors (Lipinski definition) is 1. The second kappa shape index (κ2) is 9.59. The fourth-order valence-electron chi connectivity index (χ4n) is 2.58. The summed E-state index contributed by atoms with van der Waals surface area (Å²) in [5, 5.41) is 0.964. The zero-order chi connectivity index (χ0) is 19.1. The summed E-state index contributed by atoms with van der Waals surface area (Å²) < 4.78 is 9.93. The number of rotatable bonds is 7. The van der Waals surface area contributed by atoms with Crippen molar-refractivity contribution in [3.8, 4) is 0 Å². The van der Waals surface area contributed by atoms with E-state index in [0.717, 1.165) is 5.56 Å². The minimum Gasteiger partial charge on any atom is -0.503 e. The van der Waals surface area contributed by atoms with E-state index in [2.05, 4.69) is 5.48 Å². The largest absolute Gasteiger partial charge is 0.503 e. The lowest BCUT2D eigenvalue weighted by molar-refractivity contribution is -0.133. The number of carbonyl (C=O) groups excluding carboxylic acids is 1. The Kier molecular flexibility index (Phi) is 7.48. The number of carbonyl (C=O) groups is 1. The number of ether oxygens (including phenoxy) is 2. The highest BCUT2D eigenvalue weighted by Gasteiger charge is 2.24. The SMILES string of the molecule is CNOC(c1cc(Cl)cc(Cl)c1)c1ccccc1C(=COC)C(=O)OC. The van der Waals surface area contributed by atoms with E-state index in [1.165, 1.54) is 20.5 Å². The van der Waals surface area contributed by atoms with Crippen molar-refractivity contribution >= 4 is 34.7 Å². The predicted molar refractivity (Wildman–Crippen MR) is 102 cm³/mol. The van der Waals surface area contributed by atoms with Gasteiger partial charge in [0, 0.05) is 17.1 Å². The maximum atomic E-state index is 12.2. The first-order valence-electron chi connectivity index (χ1n) is 7.70. The molecule has 0 radical (unpaired) electrons. The summed E-state index contributed by atoms with van der Waals surface area (Å²) in [5.41, 5.74) is 5.01. The molecule has 0 aromatic heterocycles. The van der Waals surface area contributed by atoms with Crippen molar-refractivity contribution in [3.05, 3.63) is 75.5 Å². The molecule has 1 unspecified atom stereocenters. The lowest BCUT2D eigenvalue weighted by Crippen LogP contribution is -2.18. The average molecular weight is 396 g/mol. The van der Waals surface area contributed by atoms with Gasteiger partial charge in [-0.3, -0.25) is 4.84 Å². The van der Waals surface area contributed by atoms with E-state index in [1.54, 1.807) is 31.3 Å². The summed E-state index contributed by atoms with van der Waals surface area (Å²) in [6.45, 7) is 0. The molecule has 2 rings (SSSR count). The molecule has 0 amide bonds. The lowest BCUT2D eigenvalue weighted by Gasteiger charge is -2.21. The van der Waals surface area contributed by atoms with Crippen molar-refractivity contribution in [3.63, 3.8) is 0 Å². The van der Waals surface area contributed by atoms with Gasteiger partial charge < -0.3 is 9.47 Å². The zero-order valence-corrected chi connectivity index (χ0v) is 16.1. The number of methoxy groups -OCH3 is 2. The van der Waals surface area contributed by atoms with Crippen LogP contribution in [0.5, 0.6) is 0 Å². The molecule has 0 heterocycles. The number of benzene rings is 2. The van der Waals surface area contributed by atoms with Crippen LogP contribution in [0.15, 0.2) is 48.7 Å². The molecule has 2 aromatic carbocycles. The molecule has 0 saturated carbocycles. The van der Waals surface area contributed by atoms with Gasteiger partial charge in [-0.15, -0.1) is 0 Å². The summed E-state index contributed by atoms with van der Waals surface area (Å²) in [6, 6.07) is 12.4. The van der Waals surface area contributed by atoms with Gasteiger partial charge in [0.05, 0.1) is 20.5 Å². The second-order valence-corrected chi connectivity index (χ2v) is 6.12. The van der Waals surface area contributed by atoms with Crippen molar-refractivity contribution < 1.29 is 19.1 Å². The summed E-state index contributed by atoms with van der Waals surface area (Å²) in [6.07, 6.45) is 0.767. The van der Waals surface area contributed by atoms with E-state index in [4.69, 9.17) is 37.5 Å². The zero-order valence-electron chi connectivity index (χ0n) is 14.6. The third kappa shape index (κ3) is 4.77. The van der Waals surface area contributed by atoms with Crippen LogP contribution in [0.25, 0.3) is 5.57 Å². The van der Waals surface area contributed by atoms with Gasteiger partial charge in [-0.2, -0.15) is 0 Å². The number of hydrogen-bond acceptors (Lipinski definition) is 5. The highest BCUT2D eigenvalue weighted by atomic mass is 35.5. The minimum absolute atomic E-state index is 0.267. The maximum Gasteiger partial charge on any atom is 0.341 e. The van der Waals surface area contributed by atoms with Crippen LogP contribution in [0.3, 0.4) is 0 Å². The molecule has 138 valence electrons. The Labute approximate surface area is 162 Å². The third-order valence-corrected chi connectivity index (χ3v) is 4.03. The number of hydroxylamine groups is 1. The van der Waals surface area contributed by atoms with Crippen LogP contribution >= 0.6 is 23.2 Å². The minimum atomic E-state index is -0.572. The molecule has 1 atom stereocenters. The first-order chi connectivity index (χ1) is 12.5. The Hall–Kier alpha value is -2.05. The fourth-order valence-corrected chi connectivity index (χ4v) is 3.12. The summed E-state index contributed by atoms with van der Waals surface area (Å²) in [4.78, 5) is 17.9. The molecule has 7 heteroatoms. The third-order valence-electron chi connectivity index (χ3n) is 3.60. The quantitative estimate of drug-likeness (QED) is 0.326. The van der Waals surface area contributed by atoms with Crippen LogP contribution in [-0.2, 0) is 19.1 Å². The highest BCUT2D eigenvalue weighted by molar-refractivity contribution is 6.34. The summed E-state index contributed by atoms with van der Waals surface area (Å²) in [5.74, 6) is -0.522. The standard InChI is InChI=1S/C19H19Cl2NO4/c1-22-26-18(12-8-13(20)10-14(21)9-12)16-7-5-4-6-15(16)17(11-24-2)19(23)25-3/h4-11,18,22H,1-3H3. The van der Waals surface area contributed by atoms with Crippen LogP contribution in [0.2, 0.25) is 10.0 Å². The Bertz CT molecular complexity index is 788. The van der Waals surface area contributed by atoms with Gasteiger partial charge >= 0.3 is 5.97 Å². The molecule has 1 N–H and O–H groups in total. The molecule has 26 heavy (non-hydrogen) atoms. The van der Waals surface area contributed by atoms with E-state index in [1.807, 2.05) is 18.2 Å². The Morgan fingerprint density at radius 2 is 1.77 bits per heavy atom. The van der Waals surface area contributed by atoms with E-state index in [9.17, 15) is 4.79 Å².